The molecule has 1 aromatic carbocycles. The van der Waals surface area contributed by atoms with Crippen molar-refractivity contribution < 1.29 is 14.3 Å². The zero-order valence-electron chi connectivity index (χ0n) is 13.5. The van der Waals surface area contributed by atoms with Crippen molar-refractivity contribution in [1.82, 2.24) is 4.90 Å². The Morgan fingerprint density at radius 3 is 2.50 bits per heavy atom. The standard InChI is InChI=1S/C18H23NO3/c1-18(2,3)22-17(21)19-12-8-7-11-16(20)15(19)13-14-9-5-4-6-10-14/h4-6,9-10,13H,7-8,11-12H2,1-3H3/b15-13+. The van der Waals surface area contributed by atoms with Crippen LogP contribution in [0.3, 0.4) is 0 Å². The molecule has 1 heterocycles. The topological polar surface area (TPSA) is 46.6 Å². The van der Waals surface area contributed by atoms with Crippen LogP contribution in [0.25, 0.3) is 6.08 Å². The molecule has 1 aliphatic rings. The van der Waals surface area contributed by atoms with E-state index in [4.69, 9.17) is 4.74 Å². The van der Waals surface area contributed by atoms with Crippen LogP contribution in [0.1, 0.15) is 45.6 Å². The van der Waals surface area contributed by atoms with Crippen molar-refractivity contribution in [3.8, 4) is 0 Å². The molecular weight excluding hydrogens is 278 g/mol. The first-order chi connectivity index (χ1) is 10.4. The average Bonchev–Trinajstić information content (AvgIpc) is 2.61. The van der Waals surface area contributed by atoms with Crippen molar-refractivity contribution in [2.45, 2.75) is 45.6 Å². The molecule has 4 nitrogen and oxygen atoms in total. The fourth-order valence-corrected chi connectivity index (χ4v) is 2.33. The lowest BCUT2D eigenvalue weighted by atomic mass is 10.1. The van der Waals surface area contributed by atoms with Gasteiger partial charge in [-0.3, -0.25) is 9.69 Å². The number of amides is 1. The molecule has 4 heteroatoms. The maximum atomic E-state index is 12.4. The highest BCUT2D eigenvalue weighted by Gasteiger charge is 2.29. The Morgan fingerprint density at radius 2 is 1.86 bits per heavy atom. The number of hydrogen-bond acceptors (Lipinski definition) is 3. The summed E-state index contributed by atoms with van der Waals surface area (Å²) in [5, 5.41) is 0. The Kier molecular flexibility index (Phi) is 5.01. The lowest BCUT2D eigenvalue weighted by Crippen LogP contribution is -2.37. The number of allylic oxidation sites excluding steroid dienone is 1. The van der Waals surface area contributed by atoms with Crippen LogP contribution in [0, 0.1) is 0 Å². The van der Waals surface area contributed by atoms with Gasteiger partial charge < -0.3 is 4.74 Å². The molecule has 118 valence electrons. The summed E-state index contributed by atoms with van der Waals surface area (Å²) in [5.41, 5.74) is 0.754. The highest BCUT2D eigenvalue weighted by molar-refractivity contribution is 6.02. The number of benzene rings is 1. The van der Waals surface area contributed by atoms with E-state index in [-0.39, 0.29) is 5.78 Å². The maximum Gasteiger partial charge on any atom is 0.414 e. The van der Waals surface area contributed by atoms with Crippen LogP contribution in [0.15, 0.2) is 36.0 Å². The Bertz CT molecular complexity index is 570. The second-order valence-electron chi connectivity index (χ2n) is 6.45. The minimum absolute atomic E-state index is 0.00721. The monoisotopic (exact) mass is 301 g/mol. The Morgan fingerprint density at radius 1 is 1.18 bits per heavy atom. The summed E-state index contributed by atoms with van der Waals surface area (Å²) < 4.78 is 5.44. The smallest absolute Gasteiger partial charge is 0.414 e. The van der Waals surface area contributed by atoms with Crippen molar-refractivity contribution in [3.05, 3.63) is 41.6 Å². The van der Waals surface area contributed by atoms with Gasteiger partial charge in [-0.25, -0.2) is 4.79 Å². The summed E-state index contributed by atoms with van der Waals surface area (Å²) in [6, 6.07) is 9.57. The predicted octanol–water partition coefficient (Wildman–Crippen LogP) is 4.02. The van der Waals surface area contributed by atoms with Gasteiger partial charge in [0.05, 0.1) is 5.70 Å². The largest absolute Gasteiger partial charge is 0.443 e. The highest BCUT2D eigenvalue weighted by Crippen LogP contribution is 2.22. The normalized spacial score (nSPS) is 18.2. The van der Waals surface area contributed by atoms with Crippen LogP contribution in [0.4, 0.5) is 4.79 Å². The molecule has 0 atom stereocenters. The minimum Gasteiger partial charge on any atom is -0.443 e. The van der Waals surface area contributed by atoms with E-state index in [1.165, 1.54) is 4.90 Å². The molecule has 0 bridgehead atoms. The third-order valence-electron chi connectivity index (χ3n) is 3.33. The zero-order chi connectivity index (χ0) is 16.2. The molecule has 1 amide bonds. The molecule has 1 fully saturated rings. The first-order valence-electron chi connectivity index (χ1n) is 7.67. The number of nitrogens with zero attached hydrogens (tertiary/aromatic N) is 1. The van der Waals surface area contributed by atoms with E-state index < -0.39 is 11.7 Å². The molecular formula is C18H23NO3. The van der Waals surface area contributed by atoms with E-state index in [9.17, 15) is 9.59 Å². The Hall–Kier alpha value is -2.10. The number of likely N-dealkylation sites (tertiary alicyclic amines) is 1. The first kappa shape index (κ1) is 16.3. The summed E-state index contributed by atoms with van der Waals surface area (Å²) in [6.45, 7) is 5.99. The predicted molar refractivity (Wildman–Crippen MR) is 86.2 cm³/mol. The minimum atomic E-state index is -0.579. The van der Waals surface area contributed by atoms with Crippen molar-refractivity contribution in [2.24, 2.45) is 0 Å². The van der Waals surface area contributed by atoms with E-state index in [2.05, 4.69) is 0 Å². The van der Waals surface area contributed by atoms with E-state index in [0.29, 0.717) is 18.7 Å². The van der Waals surface area contributed by atoms with Crippen molar-refractivity contribution in [2.75, 3.05) is 6.54 Å². The van der Waals surface area contributed by atoms with Crippen LogP contribution >= 0.6 is 0 Å². The van der Waals surface area contributed by atoms with E-state index >= 15 is 0 Å². The molecule has 1 aromatic rings. The summed E-state index contributed by atoms with van der Waals surface area (Å²) in [6.07, 6.45) is 3.39. The number of ketones is 1. The van der Waals surface area contributed by atoms with E-state index in [1.807, 2.05) is 51.1 Å². The van der Waals surface area contributed by atoms with Crippen LogP contribution in [0.2, 0.25) is 0 Å². The van der Waals surface area contributed by atoms with Crippen LogP contribution in [0.5, 0.6) is 0 Å². The number of hydrogen-bond donors (Lipinski definition) is 0. The molecule has 0 aromatic heterocycles. The molecule has 0 unspecified atom stereocenters. The molecule has 22 heavy (non-hydrogen) atoms. The van der Waals surface area contributed by atoms with Crippen LogP contribution in [-0.2, 0) is 9.53 Å². The molecule has 2 rings (SSSR count). The van der Waals surface area contributed by atoms with Gasteiger partial charge in [0.25, 0.3) is 0 Å². The van der Waals surface area contributed by atoms with Gasteiger partial charge >= 0.3 is 6.09 Å². The van der Waals surface area contributed by atoms with Gasteiger partial charge in [0.15, 0.2) is 5.78 Å². The number of carbonyl (C=O) groups is 2. The second-order valence-corrected chi connectivity index (χ2v) is 6.45. The quantitative estimate of drug-likeness (QED) is 0.736. The van der Waals surface area contributed by atoms with Crippen LogP contribution < -0.4 is 0 Å². The lowest BCUT2D eigenvalue weighted by Gasteiger charge is -2.27. The molecule has 0 radical (unpaired) electrons. The molecule has 0 aliphatic carbocycles. The lowest BCUT2D eigenvalue weighted by molar-refractivity contribution is -0.116. The van der Waals surface area contributed by atoms with Crippen LogP contribution in [-0.4, -0.2) is 28.9 Å². The molecule has 0 N–H and O–H groups in total. The summed E-state index contributed by atoms with van der Waals surface area (Å²) in [7, 11) is 0. The first-order valence-corrected chi connectivity index (χ1v) is 7.67. The fourth-order valence-electron chi connectivity index (χ4n) is 2.33. The van der Waals surface area contributed by atoms with E-state index in [0.717, 1.165) is 18.4 Å². The Balaban J connectivity index is 2.33. The number of Topliss-reactive ketones (excluding diaryl/α,β-unsaturated/α-hetero) is 1. The molecule has 0 saturated carbocycles. The van der Waals surface area contributed by atoms with Gasteiger partial charge in [-0.05, 0) is 45.3 Å². The number of carbonyl (C=O) groups excluding carboxylic acids is 2. The highest BCUT2D eigenvalue weighted by atomic mass is 16.6. The number of ether oxygens (including phenoxy) is 1. The summed E-state index contributed by atoms with van der Waals surface area (Å²) in [4.78, 5) is 26.3. The Labute approximate surface area is 131 Å². The summed E-state index contributed by atoms with van der Waals surface area (Å²) >= 11 is 0. The zero-order valence-corrected chi connectivity index (χ0v) is 13.5. The second kappa shape index (κ2) is 6.77. The van der Waals surface area contributed by atoms with Gasteiger partial charge in [0, 0.05) is 13.0 Å². The molecule has 1 saturated heterocycles. The third kappa shape index (κ3) is 4.45. The van der Waals surface area contributed by atoms with Gasteiger partial charge in [-0.15, -0.1) is 0 Å². The average molecular weight is 301 g/mol. The van der Waals surface area contributed by atoms with Gasteiger partial charge in [-0.2, -0.15) is 0 Å². The van der Waals surface area contributed by atoms with Crippen molar-refractivity contribution >= 4 is 18.0 Å². The van der Waals surface area contributed by atoms with Crippen molar-refractivity contribution in [3.63, 3.8) is 0 Å². The molecule has 0 spiro atoms. The maximum absolute atomic E-state index is 12.4. The van der Waals surface area contributed by atoms with Gasteiger partial charge in [0.1, 0.15) is 5.60 Å². The van der Waals surface area contributed by atoms with Crippen molar-refractivity contribution in [1.29, 1.82) is 0 Å². The fraction of sp³-hybridized carbons (Fsp3) is 0.444. The molecule has 1 aliphatic heterocycles. The number of rotatable bonds is 1. The van der Waals surface area contributed by atoms with Gasteiger partial charge in [0.2, 0.25) is 0 Å². The summed E-state index contributed by atoms with van der Waals surface area (Å²) in [5.74, 6) is -0.00721. The van der Waals surface area contributed by atoms with Gasteiger partial charge in [-0.1, -0.05) is 30.3 Å². The third-order valence-corrected chi connectivity index (χ3v) is 3.33. The van der Waals surface area contributed by atoms with E-state index in [1.54, 1.807) is 6.08 Å². The SMILES string of the molecule is CC(C)(C)OC(=O)N1CCCCC(=O)/C1=C\c1ccccc1.